The van der Waals surface area contributed by atoms with Gasteiger partial charge in [-0.2, -0.15) is 0 Å². The molecule has 2 aliphatic rings. The van der Waals surface area contributed by atoms with Crippen LogP contribution in [-0.4, -0.2) is 64.2 Å². The van der Waals surface area contributed by atoms with Gasteiger partial charge in [0.15, 0.2) is 0 Å². The molecule has 9 nitrogen and oxygen atoms in total. The van der Waals surface area contributed by atoms with Crippen LogP contribution in [0.3, 0.4) is 0 Å². The van der Waals surface area contributed by atoms with Gasteiger partial charge in [-0.15, -0.1) is 0 Å². The maximum atomic E-state index is 13.3. The minimum Gasteiger partial charge on any atom is -0.490 e. The summed E-state index contributed by atoms with van der Waals surface area (Å²) < 4.78 is 44.8. The van der Waals surface area contributed by atoms with Crippen LogP contribution in [0, 0.1) is 0 Å². The molecule has 0 radical (unpaired) electrons. The Balaban J connectivity index is 1.56. The third kappa shape index (κ3) is 4.98. The first-order valence-electron chi connectivity index (χ1n) is 10.7. The van der Waals surface area contributed by atoms with Crippen LogP contribution in [0.4, 0.5) is 5.69 Å². The van der Waals surface area contributed by atoms with E-state index in [0.717, 1.165) is 0 Å². The van der Waals surface area contributed by atoms with Crippen LogP contribution < -0.4 is 9.46 Å². The summed E-state index contributed by atoms with van der Waals surface area (Å²) in [5.41, 5.74) is 0.441. The summed E-state index contributed by atoms with van der Waals surface area (Å²) in [7, 11) is -0.948. The van der Waals surface area contributed by atoms with Gasteiger partial charge in [0.05, 0.1) is 36.3 Å². The monoisotopic (exact) mass is 508 g/mol. The van der Waals surface area contributed by atoms with Crippen molar-refractivity contribution >= 4 is 39.2 Å². The Kier molecular flexibility index (Phi) is 7.01. The zero-order valence-corrected chi connectivity index (χ0v) is 20.3. The first kappa shape index (κ1) is 24.3. The lowest BCUT2D eigenvalue weighted by atomic mass is 9.94. The molecule has 182 valence electrons. The minimum atomic E-state index is -3.96. The van der Waals surface area contributed by atoms with Crippen LogP contribution in [0.25, 0.3) is 0 Å². The molecule has 34 heavy (non-hydrogen) atoms. The van der Waals surface area contributed by atoms with Gasteiger partial charge in [0.25, 0.3) is 15.9 Å². The normalized spacial score (nSPS) is 22.5. The number of likely N-dealkylation sites (N-methyl/N-ethyl adjacent to an activating group) is 1. The SMILES string of the molecule is COC(=O)C[C@@H]1CC[C@@H]2[C@H](COc3ccc(NS(=O)(=O)c4ccccc4Cl)cc3C(=O)N2C)O1. The molecule has 1 amide bonds. The number of benzene rings is 2. The molecule has 0 spiro atoms. The van der Waals surface area contributed by atoms with E-state index in [1.165, 1.54) is 31.4 Å². The lowest BCUT2D eigenvalue weighted by Gasteiger charge is -2.42. The number of rotatable bonds is 5. The zero-order valence-electron chi connectivity index (χ0n) is 18.7. The number of halogens is 1. The summed E-state index contributed by atoms with van der Waals surface area (Å²) in [6.07, 6.45) is 0.651. The van der Waals surface area contributed by atoms with Crippen molar-refractivity contribution in [2.24, 2.45) is 0 Å². The number of hydrogen-bond acceptors (Lipinski definition) is 7. The molecule has 0 aliphatic carbocycles. The third-order valence-corrected chi connectivity index (χ3v) is 7.89. The minimum absolute atomic E-state index is 0.0631. The van der Waals surface area contributed by atoms with Gasteiger partial charge < -0.3 is 19.1 Å². The molecule has 0 bridgehead atoms. The smallest absolute Gasteiger partial charge is 0.308 e. The molecule has 1 N–H and O–H groups in total. The van der Waals surface area contributed by atoms with Crippen molar-refractivity contribution in [3.05, 3.63) is 53.1 Å². The van der Waals surface area contributed by atoms with Crippen molar-refractivity contribution in [2.45, 2.75) is 42.4 Å². The van der Waals surface area contributed by atoms with Crippen molar-refractivity contribution in [1.29, 1.82) is 0 Å². The van der Waals surface area contributed by atoms with Crippen molar-refractivity contribution in [1.82, 2.24) is 4.90 Å². The molecular formula is C23H25ClN2O7S. The molecule has 2 aromatic carbocycles. The van der Waals surface area contributed by atoms with Gasteiger partial charge in [-0.1, -0.05) is 23.7 Å². The van der Waals surface area contributed by atoms with Crippen molar-refractivity contribution in [2.75, 3.05) is 25.5 Å². The maximum Gasteiger partial charge on any atom is 0.308 e. The standard InChI is InChI=1S/C23H25ClN2O7S/c1-26-18-9-8-15(12-22(27)31-2)33-20(18)13-32-19-10-7-14(11-16(19)23(26)28)25-34(29,30)21-6-4-3-5-17(21)24/h3-7,10-11,15,18,20,25H,8-9,12-13H2,1-2H3/t15-,18+,20-/m0/s1. The van der Waals surface area contributed by atoms with Crippen molar-refractivity contribution in [3.63, 3.8) is 0 Å². The van der Waals surface area contributed by atoms with E-state index in [2.05, 4.69) is 4.72 Å². The third-order valence-electron chi connectivity index (χ3n) is 6.01. The number of sulfonamides is 1. The van der Waals surface area contributed by atoms with Crippen LogP contribution >= 0.6 is 11.6 Å². The number of ether oxygens (including phenoxy) is 3. The second-order valence-electron chi connectivity index (χ2n) is 8.20. The van der Waals surface area contributed by atoms with E-state index in [4.69, 9.17) is 25.8 Å². The number of carbonyl (C=O) groups is 2. The van der Waals surface area contributed by atoms with Crippen LogP contribution in [0.15, 0.2) is 47.4 Å². The Hall–Kier alpha value is -2.82. The number of nitrogens with one attached hydrogen (secondary N) is 1. The lowest BCUT2D eigenvalue weighted by molar-refractivity contribution is -0.151. The molecule has 0 saturated carbocycles. The fraction of sp³-hybridized carbons (Fsp3) is 0.391. The summed E-state index contributed by atoms with van der Waals surface area (Å²) in [4.78, 5) is 26.5. The number of carbonyl (C=O) groups excluding carboxylic acids is 2. The average molecular weight is 509 g/mol. The average Bonchev–Trinajstić information content (AvgIpc) is 2.81. The highest BCUT2D eigenvalue weighted by Gasteiger charge is 2.39. The first-order chi connectivity index (χ1) is 16.2. The van der Waals surface area contributed by atoms with E-state index >= 15 is 0 Å². The molecule has 1 fully saturated rings. The Morgan fingerprint density at radius 3 is 2.74 bits per heavy atom. The summed E-state index contributed by atoms with van der Waals surface area (Å²) in [6.45, 7) is 0.178. The number of hydrogen-bond donors (Lipinski definition) is 1. The largest absolute Gasteiger partial charge is 0.490 e. The van der Waals surface area contributed by atoms with Crippen molar-refractivity contribution in [3.8, 4) is 5.75 Å². The predicted molar refractivity (Wildman–Crippen MR) is 125 cm³/mol. The Morgan fingerprint density at radius 2 is 2.00 bits per heavy atom. The Labute approximate surface area is 203 Å². The van der Waals surface area contributed by atoms with E-state index in [9.17, 15) is 18.0 Å². The fourth-order valence-electron chi connectivity index (χ4n) is 4.23. The molecule has 2 heterocycles. The first-order valence-corrected chi connectivity index (χ1v) is 12.6. The molecule has 11 heteroatoms. The van der Waals surface area contributed by atoms with Crippen LogP contribution in [-0.2, 0) is 24.3 Å². The summed E-state index contributed by atoms with van der Waals surface area (Å²) >= 11 is 6.05. The lowest BCUT2D eigenvalue weighted by Crippen LogP contribution is -2.53. The van der Waals surface area contributed by atoms with E-state index in [1.54, 1.807) is 30.1 Å². The molecular weight excluding hydrogens is 484 g/mol. The number of nitrogens with zero attached hydrogens (tertiary/aromatic N) is 1. The molecule has 0 aromatic heterocycles. The summed E-state index contributed by atoms with van der Waals surface area (Å²) in [5, 5.41) is 0.0919. The van der Waals surface area contributed by atoms with Gasteiger partial charge in [-0.25, -0.2) is 8.42 Å². The topological polar surface area (TPSA) is 111 Å². The molecule has 3 atom stereocenters. The molecule has 0 unspecified atom stereocenters. The Morgan fingerprint density at radius 1 is 1.24 bits per heavy atom. The highest BCUT2D eigenvalue weighted by molar-refractivity contribution is 7.92. The Bertz CT molecular complexity index is 1200. The maximum absolute atomic E-state index is 13.3. The van der Waals surface area contributed by atoms with Gasteiger partial charge >= 0.3 is 5.97 Å². The fourth-order valence-corrected chi connectivity index (χ4v) is 5.80. The second-order valence-corrected chi connectivity index (χ2v) is 10.3. The van der Waals surface area contributed by atoms with Crippen LogP contribution in [0.2, 0.25) is 5.02 Å². The van der Waals surface area contributed by atoms with Gasteiger partial charge in [-0.3, -0.25) is 14.3 Å². The van der Waals surface area contributed by atoms with E-state index in [0.29, 0.717) is 18.6 Å². The van der Waals surface area contributed by atoms with Crippen LogP contribution in [0.1, 0.15) is 29.6 Å². The zero-order chi connectivity index (χ0) is 24.5. The molecule has 4 rings (SSSR count). The van der Waals surface area contributed by atoms with Crippen LogP contribution in [0.5, 0.6) is 5.75 Å². The predicted octanol–water partition coefficient (Wildman–Crippen LogP) is 3.08. The van der Waals surface area contributed by atoms with E-state index < -0.39 is 16.1 Å². The highest BCUT2D eigenvalue weighted by atomic mass is 35.5. The number of fused-ring (bicyclic) bond motifs is 2. The number of methoxy groups -OCH3 is 1. The second kappa shape index (κ2) is 9.81. The van der Waals surface area contributed by atoms with Gasteiger partial charge in [0.2, 0.25) is 0 Å². The van der Waals surface area contributed by atoms with Crippen molar-refractivity contribution < 1.29 is 32.2 Å². The number of esters is 1. The number of anilines is 1. The highest BCUT2D eigenvalue weighted by Crippen LogP contribution is 2.33. The summed E-state index contributed by atoms with van der Waals surface area (Å²) in [6, 6.07) is 10.4. The van der Waals surface area contributed by atoms with E-state index in [1.807, 2.05) is 0 Å². The quantitative estimate of drug-likeness (QED) is 0.618. The summed E-state index contributed by atoms with van der Waals surface area (Å²) in [5.74, 6) is -0.357. The molecule has 2 aromatic rings. The van der Waals surface area contributed by atoms with Gasteiger partial charge in [0.1, 0.15) is 23.4 Å². The van der Waals surface area contributed by atoms with Gasteiger partial charge in [-0.05, 0) is 43.2 Å². The molecule has 2 aliphatic heterocycles. The number of amides is 1. The van der Waals surface area contributed by atoms with Gasteiger partial charge in [0, 0.05) is 12.7 Å². The van der Waals surface area contributed by atoms with E-state index in [-0.39, 0.29) is 58.2 Å². The molecule has 1 saturated heterocycles.